The maximum absolute atomic E-state index is 12.2. The Morgan fingerprint density at radius 1 is 1.19 bits per heavy atom. The molecule has 26 heavy (non-hydrogen) atoms. The van der Waals surface area contributed by atoms with Gasteiger partial charge in [-0.25, -0.2) is 0 Å². The summed E-state index contributed by atoms with van der Waals surface area (Å²) in [6.07, 6.45) is 5.01. The van der Waals surface area contributed by atoms with Crippen LogP contribution in [0.15, 0.2) is 41.8 Å². The van der Waals surface area contributed by atoms with Crippen LogP contribution >= 0.6 is 11.3 Å². The van der Waals surface area contributed by atoms with Gasteiger partial charge in [-0.2, -0.15) is 0 Å². The van der Waals surface area contributed by atoms with Gasteiger partial charge in [0, 0.05) is 16.5 Å². The lowest BCUT2D eigenvalue weighted by molar-refractivity contribution is -0.117. The molecule has 1 heterocycles. The first-order chi connectivity index (χ1) is 12.6. The summed E-state index contributed by atoms with van der Waals surface area (Å²) in [5.74, 6) is 0.192. The van der Waals surface area contributed by atoms with Gasteiger partial charge in [-0.1, -0.05) is 19.4 Å². The van der Waals surface area contributed by atoms with Gasteiger partial charge >= 0.3 is 0 Å². The minimum absolute atomic E-state index is 0.354. The Hall–Kier alpha value is -2.80. The molecule has 0 atom stereocenters. The van der Waals surface area contributed by atoms with Crippen molar-refractivity contribution in [2.24, 2.45) is 0 Å². The fraction of sp³-hybridized carbons (Fsp3) is 0.263. The molecule has 0 saturated heterocycles. The smallest absolute Gasteiger partial charge is 0.269 e. The van der Waals surface area contributed by atoms with Crippen molar-refractivity contribution in [1.29, 1.82) is 0 Å². The Labute approximate surface area is 156 Å². The van der Waals surface area contributed by atoms with Crippen LogP contribution < -0.4 is 20.3 Å². The number of hydrogen-bond donors (Lipinski definition) is 2. The minimum Gasteiger partial charge on any atom is -0.493 e. The van der Waals surface area contributed by atoms with E-state index in [1.165, 1.54) is 24.5 Å². The highest BCUT2D eigenvalue weighted by atomic mass is 32.1. The van der Waals surface area contributed by atoms with Gasteiger partial charge in [-0.3, -0.25) is 20.4 Å². The number of nitrogens with one attached hydrogen (secondary N) is 2. The molecule has 2 amide bonds. The number of hydrazine groups is 1. The summed E-state index contributed by atoms with van der Waals surface area (Å²) < 4.78 is 10.9. The van der Waals surface area contributed by atoms with Gasteiger partial charge in [0.15, 0.2) is 11.5 Å². The lowest BCUT2D eigenvalue weighted by Gasteiger charge is -2.12. The molecule has 138 valence electrons. The number of amides is 2. The summed E-state index contributed by atoms with van der Waals surface area (Å²) >= 11 is 1.52. The Balaban J connectivity index is 1.91. The average molecular weight is 374 g/mol. The van der Waals surface area contributed by atoms with Crippen molar-refractivity contribution in [3.05, 3.63) is 52.2 Å². The molecule has 0 spiro atoms. The Bertz CT molecular complexity index is 757. The molecule has 0 aliphatic heterocycles. The topological polar surface area (TPSA) is 76.7 Å². The molecule has 0 saturated carbocycles. The summed E-state index contributed by atoms with van der Waals surface area (Å²) in [4.78, 5) is 24.9. The van der Waals surface area contributed by atoms with Gasteiger partial charge in [0.1, 0.15) is 0 Å². The van der Waals surface area contributed by atoms with Crippen LogP contribution in [0.4, 0.5) is 0 Å². The van der Waals surface area contributed by atoms with Crippen LogP contribution in [0.5, 0.6) is 11.5 Å². The van der Waals surface area contributed by atoms with Gasteiger partial charge in [0.2, 0.25) is 0 Å². The summed E-state index contributed by atoms with van der Waals surface area (Å²) in [7, 11) is 1.51. The number of methoxy groups -OCH3 is 1. The maximum Gasteiger partial charge on any atom is 0.269 e. The van der Waals surface area contributed by atoms with Gasteiger partial charge in [0.05, 0.1) is 13.7 Å². The van der Waals surface area contributed by atoms with E-state index in [-0.39, 0.29) is 0 Å². The van der Waals surface area contributed by atoms with E-state index in [1.807, 2.05) is 17.5 Å². The number of rotatable bonds is 8. The van der Waals surface area contributed by atoms with Crippen LogP contribution in [0.3, 0.4) is 0 Å². The standard InChI is InChI=1S/C19H22N2O4S/c1-3-4-11-25-16-9-7-14(13-17(16)24-2)19(23)21-20-18(22)10-8-15-6-5-12-26-15/h5-10,12-13H,3-4,11H2,1-2H3,(H,20,22)(H,21,23)/b10-8+. The largest absolute Gasteiger partial charge is 0.493 e. The summed E-state index contributed by atoms with van der Waals surface area (Å²) in [5.41, 5.74) is 5.07. The molecule has 6 nitrogen and oxygen atoms in total. The van der Waals surface area contributed by atoms with Crippen LogP contribution in [0.2, 0.25) is 0 Å². The second kappa shape index (κ2) is 10.2. The molecule has 2 N–H and O–H groups in total. The number of unbranched alkanes of at least 4 members (excludes halogenated alkanes) is 1. The first-order valence-electron chi connectivity index (χ1n) is 8.26. The van der Waals surface area contributed by atoms with Gasteiger partial charge in [-0.05, 0) is 42.1 Å². The quantitative estimate of drug-likeness (QED) is 0.422. The summed E-state index contributed by atoms with van der Waals surface area (Å²) in [5, 5.41) is 1.92. The van der Waals surface area contributed by atoms with E-state index in [0.717, 1.165) is 17.7 Å². The predicted molar refractivity (Wildman–Crippen MR) is 102 cm³/mol. The fourth-order valence-electron chi connectivity index (χ4n) is 2.03. The molecular formula is C19H22N2O4S. The lowest BCUT2D eigenvalue weighted by atomic mass is 10.2. The van der Waals surface area contributed by atoms with Gasteiger partial charge < -0.3 is 9.47 Å². The highest BCUT2D eigenvalue weighted by molar-refractivity contribution is 7.10. The number of thiophene rings is 1. The molecule has 1 aromatic carbocycles. The molecule has 0 aliphatic rings. The van der Waals surface area contributed by atoms with Crippen molar-refractivity contribution < 1.29 is 19.1 Å². The molecular weight excluding hydrogens is 352 g/mol. The van der Waals surface area contributed by atoms with E-state index in [9.17, 15) is 9.59 Å². The second-order valence-electron chi connectivity index (χ2n) is 5.36. The Morgan fingerprint density at radius 3 is 2.73 bits per heavy atom. The van der Waals surface area contributed by atoms with Gasteiger partial charge in [-0.15, -0.1) is 11.3 Å². The summed E-state index contributed by atoms with van der Waals surface area (Å²) in [6, 6.07) is 8.66. The number of ether oxygens (including phenoxy) is 2. The third-order valence-corrected chi connectivity index (χ3v) is 4.26. The molecule has 0 radical (unpaired) electrons. The molecule has 0 fully saturated rings. The van der Waals surface area contributed by atoms with Crippen molar-refractivity contribution in [3.63, 3.8) is 0 Å². The molecule has 0 unspecified atom stereocenters. The highest BCUT2D eigenvalue weighted by Gasteiger charge is 2.11. The maximum atomic E-state index is 12.2. The van der Waals surface area contributed by atoms with Crippen molar-refractivity contribution in [3.8, 4) is 11.5 Å². The molecule has 2 rings (SSSR count). The SMILES string of the molecule is CCCCOc1ccc(C(=O)NNC(=O)/C=C/c2cccs2)cc1OC. The molecule has 1 aromatic heterocycles. The zero-order valence-corrected chi connectivity index (χ0v) is 15.6. The van der Waals surface area contributed by atoms with Crippen LogP contribution in [-0.2, 0) is 4.79 Å². The number of hydrogen-bond acceptors (Lipinski definition) is 5. The van der Waals surface area contributed by atoms with E-state index in [0.29, 0.717) is 23.7 Å². The Kier molecular flexibility index (Phi) is 7.70. The molecule has 2 aromatic rings. The molecule has 0 aliphatic carbocycles. The Morgan fingerprint density at radius 2 is 2.04 bits per heavy atom. The van der Waals surface area contributed by atoms with Crippen LogP contribution in [0, 0.1) is 0 Å². The van der Waals surface area contributed by atoms with E-state index >= 15 is 0 Å². The number of benzene rings is 1. The van der Waals surface area contributed by atoms with Crippen LogP contribution in [0.1, 0.15) is 35.0 Å². The normalized spacial score (nSPS) is 10.5. The van der Waals surface area contributed by atoms with E-state index < -0.39 is 11.8 Å². The van der Waals surface area contributed by atoms with Crippen LogP contribution in [-0.4, -0.2) is 25.5 Å². The van der Waals surface area contributed by atoms with Crippen molar-refractivity contribution >= 4 is 29.2 Å². The lowest BCUT2D eigenvalue weighted by Crippen LogP contribution is -2.40. The molecule has 7 heteroatoms. The fourth-order valence-corrected chi connectivity index (χ4v) is 2.65. The molecule has 0 bridgehead atoms. The first kappa shape index (κ1) is 19.5. The number of carbonyl (C=O) groups is 2. The van der Waals surface area contributed by atoms with Crippen LogP contribution in [0.25, 0.3) is 6.08 Å². The zero-order chi connectivity index (χ0) is 18.8. The zero-order valence-electron chi connectivity index (χ0n) is 14.8. The average Bonchev–Trinajstić information content (AvgIpc) is 3.18. The van der Waals surface area contributed by atoms with E-state index in [4.69, 9.17) is 9.47 Å². The highest BCUT2D eigenvalue weighted by Crippen LogP contribution is 2.28. The number of carbonyl (C=O) groups excluding carboxylic acids is 2. The van der Waals surface area contributed by atoms with Gasteiger partial charge in [0.25, 0.3) is 11.8 Å². The van der Waals surface area contributed by atoms with Crippen molar-refractivity contribution in [2.75, 3.05) is 13.7 Å². The monoisotopic (exact) mass is 374 g/mol. The first-order valence-corrected chi connectivity index (χ1v) is 9.14. The third kappa shape index (κ3) is 5.93. The van der Waals surface area contributed by atoms with E-state index in [1.54, 1.807) is 24.3 Å². The summed E-state index contributed by atoms with van der Waals surface area (Å²) in [6.45, 7) is 2.67. The second-order valence-corrected chi connectivity index (χ2v) is 6.34. The van der Waals surface area contributed by atoms with Crippen molar-refractivity contribution in [2.45, 2.75) is 19.8 Å². The predicted octanol–water partition coefficient (Wildman–Crippen LogP) is 3.41. The van der Waals surface area contributed by atoms with Crippen molar-refractivity contribution in [1.82, 2.24) is 10.9 Å². The third-order valence-electron chi connectivity index (χ3n) is 3.42. The minimum atomic E-state index is -0.443. The van der Waals surface area contributed by atoms with E-state index in [2.05, 4.69) is 17.8 Å².